The van der Waals surface area contributed by atoms with Crippen LogP contribution in [0.1, 0.15) is 29.2 Å². The van der Waals surface area contributed by atoms with Crippen molar-refractivity contribution >= 4 is 28.5 Å². The molecule has 1 aliphatic rings. The van der Waals surface area contributed by atoms with Gasteiger partial charge in [-0.2, -0.15) is 13.2 Å². The van der Waals surface area contributed by atoms with Gasteiger partial charge in [0, 0.05) is 62.8 Å². The zero-order chi connectivity index (χ0) is 26.9. The van der Waals surface area contributed by atoms with E-state index in [1.807, 2.05) is 43.3 Å². The Kier molecular flexibility index (Phi) is 7.36. The van der Waals surface area contributed by atoms with Gasteiger partial charge in [-0.3, -0.25) is 19.7 Å². The van der Waals surface area contributed by atoms with Crippen molar-refractivity contribution in [3.63, 3.8) is 0 Å². The summed E-state index contributed by atoms with van der Waals surface area (Å²) in [4.78, 5) is 32.1. The molecule has 11 heteroatoms. The van der Waals surface area contributed by atoms with Crippen LogP contribution in [0.25, 0.3) is 22.2 Å². The number of nitrogens with one attached hydrogen (secondary N) is 1. The Bertz CT molecular complexity index is 1460. The number of benzene rings is 1. The highest BCUT2D eigenvalue weighted by atomic mass is 35.5. The fraction of sp³-hybridized carbons (Fsp3) is 0.333. The normalized spacial score (nSPS) is 14.8. The molecule has 0 saturated carbocycles. The molecule has 1 aromatic carbocycles. The summed E-state index contributed by atoms with van der Waals surface area (Å²) >= 11 is 6.46. The van der Waals surface area contributed by atoms with E-state index in [9.17, 15) is 18.0 Å². The molecule has 0 spiro atoms. The number of aromatic amines is 1. The lowest BCUT2D eigenvalue weighted by Gasteiger charge is -2.35. The summed E-state index contributed by atoms with van der Waals surface area (Å²) in [7, 11) is 0. The van der Waals surface area contributed by atoms with Gasteiger partial charge >= 0.3 is 6.18 Å². The number of alkyl halides is 3. The van der Waals surface area contributed by atoms with Gasteiger partial charge in [0.15, 0.2) is 0 Å². The largest absolute Gasteiger partial charge is 0.397 e. The predicted octanol–water partition coefficient (Wildman–Crippen LogP) is 5.17. The maximum Gasteiger partial charge on any atom is 0.397 e. The molecule has 0 unspecified atom stereocenters. The Balaban J connectivity index is 1.23. The average Bonchev–Trinajstić information content (AvgIpc) is 3.27. The first-order valence-electron chi connectivity index (χ1n) is 12.3. The van der Waals surface area contributed by atoms with Gasteiger partial charge in [0.1, 0.15) is 12.2 Å². The minimum atomic E-state index is -4.48. The third kappa shape index (κ3) is 6.14. The van der Waals surface area contributed by atoms with Crippen molar-refractivity contribution in [3.8, 4) is 11.1 Å². The number of pyridine rings is 2. The first-order chi connectivity index (χ1) is 18.1. The van der Waals surface area contributed by atoms with E-state index in [1.54, 1.807) is 12.4 Å². The highest BCUT2D eigenvalue weighted by molar-refractivity contribution is 6.33. The highest BCUT2D eigenvalue weighted by Gasteiger charge is 2.34. The molecule has 5 rings (SSSR count). The summed E-state index contributed by atoms with van der Waals surface area (Å²) in [6, 6.07) is 11.8. The number of imidazole rings is 1. The molecule has 198 valence electrons. The number of fused-ring (bicyclic) bond motifs is 1. The van der Waals surface area contributed by atoms with Crippen molar-refractivity contribution in [1.82, 2.24) is 29.7 Å². The molecule has 1 N–H and O–H groups in total. The molecule has 1 fully saturated rings. The monoisotopic (exact) mass is 542 g/mol. The van der Waals surface area contributed by atoms with Gasteiger partial charge in [-0.1, -0.05) is 17.7 Å². The number of piperazine rings is 1. The molecule has 1 aliphatic heterocycles. The average molecular weight is 543 g/mol. The second-order valence-corrected chi connectivity index (χ2v) is 9.83. The van der Waals surface area contributed by atoms with Crippen molar-refractivity contribution in [2.75, 3.05) is 26.2 Å². The molecule has 1 saturated heterocycles. The van der Waals surface area contributed by atoms with E-state index in [2.05, 4.69) is 19.9 Å². The van der Waals surface area contributed by atoms with Crippen LogP contribution < -0.4 is 0 Å². The number of hydrogen-bond donors (Lipinski definition) is 1. The Morgan fingerprint density at radius 1 is 1.05 bits per heavy atom. The van der Waals surface area contributed by atoms with Crippen LogP contribution in [0.2, 0.25) is 5.02 Å². The van der Waals surface area contributed by atoms with Crippen LogP contribution >= 0.6 is 11.6 Å². The van der Waals surface area contributed by atoms with Crippen molar-refractivity contribution < 1.29 is 18.0 Å². The quantitative estimate of drug-likeness (QED) is 0.364. The number of H-pyrrole nitrogens is 1. The van der Waals surface area contributed by atoms with Crippen LogP contribution in [0.5, 0.6) is 0 Å². The van der Waals surface area contributed by atoms with E-state index in [0.29, 0.717) is 31.1 Å². The summed E-state index contributed by atoms with van der Waals surface area (Å²) in [5.74, 6) is -0.0733. The molecule has 0 aliphatic carbocycles. The number of halogens is 4. The number of aryl methyl sites for hydroxylation is 1. The maximum absolute atomic E-state index is 12.5. The van der Waals surface area contributed by atoms with Gasteiger partial charge in [0.05, 0.1) is 21.7 Å². The third-order valence-electron chi connectivity index (χ3n) is 6.62. The maximum atomic E-state index is 12.5. The number of hydrogen-bond acceptors (Lipinski definition) is 5. The molecule has 4 aromatic rings. The van der Waals surface area contributed by atoms with Gasteiger partial charge < -0.3 is 9.88 Å². The smallest absolute Gasteiger partial charge is 0.342 e. The van der Waals surface area contributed by atoms with Crippen molar-refractivity contribution in [1.29, 1.82) is 0 Å². The predicted molar refractivity (Wildman–Crippen MR) is 139 cm³/mol. The van der Waals surface area contributed by atoms with Gasteiger partial charge in [-0.25, -0.2) is 4.98 Å². The van der Waals surface area contributed by atoms with Gasteiger partial charge in [-0.15, -0.1) is 0 Å². The number of aromatic nitrogens is 4. The summed E-state index contributed by atoms with van der Waals surface area (Å²) in [6.45, 7) is 4.13. The number of amides is 1. The molecule has 0 bridgehead atoms. The molecule has 7 nitrogen and oxygen atoms in total. The molecule has 4 heterocycles. The van der Waals surface area contributed by atoms with E-state index in [-0.39, 0.29) is 13.1 Å². The van der Waals surface area contributed by atoms with E-state index in [4.69, 9.17) is 16.6 Å². The van der Waals surface area contributed by atoms with E-state index in [1.165, 1.54) is 4.90 Å². The van der Waals surface area contributed by atoms with Gasteiger partial charge in [0.2, 0.25) is 5.91 Å². The van der Waals surface area contributed by atoms with Crippen LogP contribution in [0, 0.1) is 6.92 Å². The van der Waals surface area contributed by atoms with Crippen molar-refractivity contribution in [2.45, 2.75) is 32.5 Å². The molecular formula is C27H26ClF3N6O. The lowest BCUT2D eigenvalue weighted by atomic mass is 10.1. The summed E-state index contributed by atoms with van der Waals surface area (Å²) < 4.78 is 37.6. The molecule has 1 amide bonds. The fourth-order valence-corrected chi connectivity index (χ4v) is 4.90. The summed E-state index contributed by atoms with van der Waals surface area (Å²) in [6.07, 6.45) is -1.86. The van der Waals surface area contributed by atoms with Gasteiger partial charge in [-0.05, 0) is 48.4 Å². The second kappa shape index (κ2) is 10.7. The third-order valence-corrected chi connectivity index (χ3v) is 7.09. The van der Waals surface area contributed by atoms with Crippen LogP contribution in [0.4, 0.5) is 13.2 Å². The molecule has 38 heavy (non-hydrogen) atoms. The van der Waals surface area contributed by atoms with E-state index >= 15 is 0 Å². The lowest BCUT2D eigenvalue weighted by Crippen LogP contribution is -2.49. The van der Waals surface area contributed by atoms with Crippen molar-refractivity contribution in [2.24, 2.45) is 0 Å². The molecule has 0 radical (unpaired) electrons. The van der Waals surface area contributed by atoms with Crippen LogP contribution in [-0.4, -0.2) is 68.0 Å². The summed E-state index contributed by atoms with van der Waals surface area (Å²) in [5.41, 5.74) is 6.31. The van der Waals surface area contributed by atoms with Crippen LogP contribution in [0.3, 0.4) is 0 Å². The van der Waals surface area contributed by atoms with E-state index in [0.717, 1.165) is 44.9 Å². The first kappa shape index (κ1) is 26.1. The zero-order valence-electron chi connectivity index (χ0n) is 20.7. The number of carbonyl (C=O) groups is 1. The fourth-order valence-electron chi connectivity index (χ4n) is 4.68. The number of nitrogens with zero attached hydrogens (tertiary/aromatic N) is 5. The van der Waals surface area contributed by atoms with Crippen LogP contribution in [0.15, 0.2) is 48.8 Å². The van der Waals surface area contributed by atoms with E-state index < -0.39 is 18.5 Å². The van der Waals surface area contributed by atoms with Crippen molar-refractivity contribution in [3.05, 3.63) is 76.6 Å². The van der Waals surface area contributed by atoms with Crippen LogP contribution in [-0.2, 0) is 17.8 Å². The Hall–Kier alpha value is -3.50. The standard InChI is InChI=1S/C27H26ClF3N6O/c1-17-26(28)21(5-7-32-17)19-2-3-22-23(13-19)35-24(34-22)14-20-12-18(4-6-33-20)16-36-8-10-37(11-9-36)25(38)15-27(29,30)31/h2-7,12-13H,8-11,14-16H2,1H3,(H,34,35). The van der Waals surface area contributed by atoms with Gasteiger partial charge in [0.25, 0.3) is 0 Å². The minimum absolute atomic E-state index is 0.290. The minimum Gasteiger partial charge on any atom is -0.342 e. The Labute approximate surface area is 222 Å². The topological polar surface area (TPSA) is 78.0 Å². The molecule has 3 aromatic heterocycles. The summed E-state index contributed by atoms with van der Waals surface area (Å²) in [5, 5.41) is 0.627. The second-order valence-electron chi connectivity index (χ2n) is 9.45. The number of rotatable bonds is 6. The zero-order valence-corrected chi connectivity index (χ0v) is 21.5. The Morgan fingerprint density at radius 3 is 2.58 bits per heavy atom. The highest BCUT2D eigenvalue weighted by Crippen LogP contribution is 2.31. The lowest BCUT2D eigenvalue weighted by molar-refractivity contribution is -0.162. The Morgan fingerprint density at radius 2 is 1.82 bits per heavy atom. The first-order valence-corrected chi connectivity index (χ1v) is 12.6. The SMILES string of the molecule is Cc1nccc(-c2ccc3nc(Cc4cc(CN5CCN(C(=O)CC(F)(F)F)CC5)ccn4)[nH]c3c2)c1Cl. The molecule has 0 atom stereocenters. The number of carbonyl (C=O) groups excluding carboxylic acids is 1. The molecular weight excluding hydrogens is 517 g/mol.